The van der Waals surface area contributed by atoms with Gasteiger partial charge in [0, 0.05) is 19.8 Å². The van der Waals surface area contributed by atoms with E-state index in [1.807, 2.05) is 0 Å². The summed E-state index contributed by atoms with van der Waals surface area (Å²) in [7, 11) is -2.32. The molecule has 0 aromatic carbocycles. The Hall–Kier alpha value is -1.01. The van der Waals surface area contributed by atoms with E-state index in [1.165, 1.54) is 23.6 Å². The smallest absolute Gasteiger partial charge is 0.241 e. The van der Waals surface area contributed by atoms with Gasteiger partial charge in [0.1, 0.15) is 0 Å². The van der Waals surface area contributed by atoms with Crippen molar-refractivity contribution in [3.8, 4) is 0 Å². The van der Waals surface area contributed by atoms with Crippen LogP contribution in [0, 0.1) is 11.7 Å². The molecule has 0 atom stereocenters. The van der Waals surface area contributed by atoms with Crippen LogP contribution in [0.3, 0.4) is 0 Å². The van der Waals surface area contributed by atoms with Gasteiger partial charge in [0.15, 0.2) is 5.82 Å². The van der Waals surface area contributed by atoms with Crippen LogP contribution in [0.15, 0.2) is 23.4 Å². The lowest BCUT2D eigenvalue weighted by molar-refractivity contribution is 0.262. The molecule has 0 amide bonds. The maximum atomic E-state index is 13.4. The van der Waals surface area contributed by atoms with E-state index in [0.29, 0.717) is 12.5 Å². The van der Waals surface area contributed by atoms with Gasteiger partial charge >= 0.3 is 0 Å². The molecule has 1 saturated carbocycles. The van der Waals surface area contributed by atoms with Gasteiger partial charge in [0.2, 0.25) is 5.03 Å². The van der Waals surface area contributed by atoms with E-state index in [1.54, 1.807) is 0 Å². The zero-order valence-electron chi connectivity index (χ0n) is 9.63. The van der Waals surface area contributed by atoms with Crippen LogP contribution in [-0.2, 0) is 10.0 Å². The lowest BCUT2D eigenvalue weighted by atomic mass is 9.86. The Morgan fingerprint density at radius 1 is 1.53 bits per heavy atom. The Labute approximate surface area is 101 Å². The van der Waals surface area contributed by atoms with Crippen molar-refractivity contribution >= 4 is 10.0 Å². The second kappa shape index (κ2) is 4.70. The van der Waals surface area contributed by atoms with Crippen molar-refractivity contribution in [2.24, 2.45) is 5.92 Å². The fourth-order valence-electron chi connectivity index (χ4n) is 1.85. The number of halogens is 1. The highest BCUT2D eigenvalue weighted by Gasteiger charge is 2.29. The van der Waals surface area contributed by atoms with Crippen LogP contribution in [0.4, 0.5) is 4.39 Å². The number of hydrogen-bond donors (Lipinski definition) is 0. The predicted octanol–water partition coefficient (Wildman–Crippen LogP) is 1.64. The molecule has 2 rings (SSSR count). The Kier molecular flexibility index (Phi) is 3.44. The Balaban J connectivity index is 2.20. The summed E-state index contributed by atoms with van der Waals surface area (Å²) < 4.78 is 38.7. The quantitative estimate of drug-likeness (QED) is 0.825. The maximum Gasteiger partial charge on any atom is 0.263 e. The first kappa shape index (κ1) is 12.4. The molecule has 94 valence electrons. The highest BCUT2D eigenvalue weighted by molar-refractivity contribution is 7.89. The molecular formula is C11H15FN2O2S. The molecule has 0 bridgehead atoms. The van der Waals surface area contributed by atoms with Gasteiger partial charge in [-0.3, -0.25) is 0 Å². The molecule has 0 unspecified atom stereocenters. The normalized spacial score (nSPS) is 17.1. The van der Waals surface area contributed by atoms with Crippen molar-refractivity contribution in [1.29, 1.82) is 0 Å². The number of nitrogens with zero attached hydrogens (tertiary/aromatic N) is 2. The molecule has 4 nitrogen and oxygen atoms in total. The van der Waals surface area contributed by atoms with Gasteiger partial charge in [-0.2, -0.15) is 4.31 Å². The molecule has 1 aliphatic rings. The number of sulfonamides is 1. The average molecular weight is 258 g/mol. The molecule has 6 heteroatoms. The lowest BCUT2D eigenvalue weighted by Crippen LogP contribution is -2.35. The number of aromatic nitrogens is 1. The van der Waals surface area contributed by atoms with E-state index < -0.39 is 20.9 Å². The number of hydrogen-bond acceptors (Lipinski definition) is 3. The minimum atomic E-state index is -3.79. The largest absolute Gasteiger partial charge is 0.263 e. The van der Waals surface area contributed by atoms with Crippen molar-refractivity contribution in [1.82, 2.24) is 9.29 Å². The van der Waals surface area contributed by atoms with E-state index in [2.05, 4.69) is 4.98 Å². The van der Waals surface area contributed by atoms with Crippen molar-refractivity contribution in [3.63, 3.8) is 0 Å². The van der Waals surface area contributed by atoms with Crippen LogP contribution < -0.4 is 0 Å². The van der Waals surface area contributed by atoms with E-state index >= 15 is 0 Å². The number of rotatable bonds is 4. The summed E-state index contributed by atoms with van der Waals surface area (Å²) in [6.45, 7) is 0.443. The molecule has 1 aliphatic carbocycles. The van der Waals surface area contributed by atoms with Crippen LogP contribution in [0.5, 0.6) is 0 Å². The Morgan fingerprint density at radius 2 is 2.24 bits per heavy atom. The van der Waals surface area contributed by atoms with Crippen molar-refractivity contribution in [2.45, 2.75) is 24.3 Å². The van der Waals surface area contributed by atoms with Gasteiger partial charge in [-0.05, 0) is 30.9 Å². The first-order chi connectivity index (χ1) is 8.01. The molecule has 0 saturated heterocycles. The molecule has 0 aliphatic heterocycles. The van der Waals surface area contributed by atoms with Gasteiger partial charge in [-0.15, -0.1) is 0 Å². The van der Waals surface area contributed by atoms with Gasteiger partial charge in [-0.1, -0.05) is 6.42 Å². The van der Waals surface area contributed by atoms with Gasteiger partial charge in [-0.25, -0.2) is 17.8 Å². The third kappa shape index (κ3) is 2.47. The highest BCUT2D eigenvalue weighted by atomic mass is 32.2. The zero-order chi connectivity index (χ0) is 12.5. The van der Waals surface area contributed by atoms with Crippen LogP contribution >= 0.6 is 0 Å². The van der Waals surface area contributed by atoms with Crippen molar-refractivity contribution in [2.75, 3.05) is 13.6 Å². The summed E-state index contributed by atoms with van der Waals surface area (Å²) in [5.41, 5.74) is 0. The minimum Gasteiger partial charge on any atom is -0.241 e. The molecule has 1 aromatic heterocycles. The first-order valence-corrected chi connectivity index (χ1v) is 7.02. The van der Waals surface area contributed by atoms with E-state index in [0.717, 1.165) is 25.3 Å². The molecule has 0 spiro atoms. The Morgan fingerprint density at radius 3 is 2.76 bits per heavy atom. The monoisotopic (exact) mass is 258 g/mol. The third-order valence-electron chi connectivity index (χ3n) is 3.12. The van der Waals surface area contributed by atoms with Crippen molar-refractivity contribution in [3.05, 3.63) is 24.1 Å². The minimum absolute atomic E-state index is 0.404. The fourth-order valence-corrected chi connectivity index (χ4v) is 3.06. The zero-order valence-corrected chi connectivity index (χ0v) is 10.5. The van der Waals surface area contributed by atoms with Crippen molar-refractivity contribution < 1.29 is 12.8 Å². The second-order valence-electron chi connectivity index (χ2n) is 4.37. The van der Waals surface area contributed by atoms with E-state index in [4.69, 9.17) is 0 Å². The summed E-state index contributed by atoms with van der Waals surface area (Å²) >= 11 is 0. The molecule has 1 aromatic rings. The standard InChI is InChI=1S/C11H15FN2O2S/c1-14(8-9-4-2-5-9)17(15,16)11-10(12)6-3-7-13-11/h3,6-7,9H,2,4-5,8H2,1H3. The van der Waals surface area contributed by atoms with Crippen LogP contribution in [0.2, 0.25) is 0 Å². The summed E-state index contributed by atoms with van der Waals surface area (Å²) in [4.78, 5) is 3.62. The first-order valence-electron chi connectivity index (χ1n) is 5.58. The lowest BCUT2D eigenvalue weighted by Gasteiger charge is -2.29. The third-order valence-corrected chi connectivity index (χ3v) is 4.88. The number of pyridine rings is 1. The average Bonchev–Trinajstić information content (AvgIpc) is 2.23. The predicted molar refractivity (Wildman–Crippen MR) is 61.4 cm³/mol. The highest BCUT2D eigenvalue weighted by Crippen LogP contribution is 2.28. The molecule has 1 fully saturated rings. The fraction of sp³-hybridized carbons (Fsp3) is 0.545. The molecule has 17 heavy (non-hydrogen) atoms. The summed E-state index contributed by atoms with van der Waals surface area (Å²) in [6.07, 6.45) is 4.53. The summed E-state index contributed by atoms with van der Waals surface area (Å²) in [5.74, 6) is -0.394. The van der Waals surface area contributed by atoms with Gasteiger partial charge < -0.3 is 0 Å². The van der Waals surface area contributed by atoms with E-state index in [-0.39, 0.29) is 0 Å². The summed E-state index contributed by atoms with van der Waals surface area (Å²) in [6, 6.07) is 2.48. The molecular weight excluding hydrogens is 243 g/mol. The molecule has 1 heterocycles. The summed E-state index contributed by atoms with van der Waals surface area (Å²) in [5, 5.41) is -0.484. The van der Waals surface area contributed by atoms with Crippen LogP contribution in [0.25, 0.3) is 0 Å². The molecule has 0 N–H and O–H groups in total. The van der Waals surface area contributed by atoms with E-state index in [9.17, 15) is 12.8 Å². The maximum absolute atomic E-state index is 13.4. The van der Waals surface area contributed by atoms with Crippen LogP contribution in [0.1, 0.15) is 19.3 Å². The topological polar surface area (TPSA) is 50.3 Å². The Bertz CT molecular complexity index is 500. The van der Waals surface area contributed by atoms with Gasteiger partial charge in [0.05, 0.1) is 0 Å². The second-order valence-corrected chi connectivity index (χ2v) is 6.33. The van der Waals surface area contributed by atoms with Crippen LogP contribution in [-0.4, -0.2) is 31.3 Å². The SMILES string of the molecule is CN(CC1CCC1)S(=O)(=O)c1ncccc1F. The van der Waals surface area contributed by atoms with Gasteiger partial charge in [0.25, 0.3) is 10.0 Å². The molecule has 0 radical (unpaired) electrons.